The van der Waals surface area contributed by atoms with Gasteiger partial charge in [-0.15, -0.1) is 0 Å². The maximum Gasteiger partial charge on any atom is 0.340 e. The summed E-state index contributed by atoms with van der Waals surface area (Å²) in [7, 11) is 1.59. The molecule has 0 bridgehead atoms. The molecule has 0 aliphatic heterocycles. The van der Waals surface area contributed by atoms with Crippen LogP contribution in [-0.2, 0) is 20.9 Å². The fraction of sp³-hybridized carbons (Fsp3) is 0.190. The Labute approximate surface area is 161 Å². The SMILES string of the molecule is CC(=O)Nc1cc2ccccc2cc1C(=O)OCC(=O)N(C)Cc1ccco1. The third-order valence-corrected chi connectivity index (χ3v) is 4.14. The van der Waals surface area contributed by atoms with E-state index in [0.29, 0.717) is 11.4 Å². The van der Waals surface area contributed by atoms with E-state index in [-0.39, 0.29) is 23.9 Å². The standard InChI is InChI=1S/C21H20N2O5/c1-14(24)22-19-11-16-7-4-3-6-15(16)10-18(19)21(26)28-13-20(25)23(2)12-17-8-5-9-27-17/h3-11H,12-13H2,1-2H3,(H,22,24). The minimum Gasteiger partial charge on any atom is -0.467 e. The third kappa shape index (κ3) is 4.56. The van der Waals surface area contributed by atoms with Crippen LogP contribution in [0.25, 0.3) is 10.8 Å². The fourth-order valence-electron chi connectivity index (χ4n) is 2.74. The predicted octanol–water partition coefficient (Wildman–Crippen LogP) is 3.21. The van der Waals surface area contributed by atoms with Crippen LogP contribution in [0.5, 0.6) is 0 Å². The summed E-state index contributed by atoms with van der Waals surface area (Å²) >= 11 is 0. The highest BCUT2D eigenvalue weighted by atomic mass is 16.5. The van der Waals surface area contributed by atoms with Crippen molar-refractivity contribution in [1.29, 1.82) is 0 Å². The fourth-order valence-corrected chi connectivity index (χ4v) is 2.74. The number of nitrogens with one attached hydrogen (secondary N) is 1. The smallest absolute Gasteiger partial charge is 0.340 e. The largest absolute Gasteiger partial charge is 0.467 e. The van der Waals surface area contributed by atoms with E-state index in [1.54, 1.807) is 31.3 Å². The Kier molecular flexibility index (Phi) is 5.74. The van der Waals surface area contributed by atoms with E-state index in [0.717, 1.165) is 10.8 Å². The van der Waals surface area contributed by atoms with Crippen molar-refractivity contribution in [3.8, 4) is 0 Å². The lowest BCUT2D eigenvalue weighted by Crippen LogP contribution is -2.30. The van der Waals surface area contributed by atoms with Crippen LogP contribution in [0.15, 0.2) is 59.2 Å². The number of ether oxygens (including phenoxy) is 1. The summed E-state index contributed by atoms with van der Waals surface area (Å²) in [5, 5.41) is 4.34. The lowest BCUT2D eigenvalue weighted by atomic mass is 10.0. The third-order valence-electron chi connectivity index (χ3n) is 4.14. The molecular formula is C21H20N2O5. The number of furan rings is 1. The molecule has 0 aliphatic carbocycles. The molecule has 0 unspecified atom stereocenters. The van der Waals surface area contributed by atoms with Gasteiger partial charge in [-0.25, -0.2) is 4.79 Å². The average Bonchev–Trinajstić information content (AvgIpc) is 3.17. The van der Waals surface area contributed by atoms with Gasteiger partial charge in [-0.05, 0) is 35.0 Å². The number of esters is 1. The summed E-state index contributed by atoms with van der Waals surface area (Å²) < 4.78 is 10.4. The Balaban J connectivity index is 1.73. The summed E-state index contributed by atoms with van der Waals surface area (Å²) in [6, 6.07) is 14.3. The van der Waals surface area contributed by atoms with Crippen LogP contribution >= 0.6 is 0 Å². The van der Waals surface area contributed by atoms with E-state index in [1.807, 2.05) is 24.3 Å². The molecule has 0 spiro atoms. The molecule has 3 aromatic rings. The van der Waals surface area contributed by atoms with Crippen molar-refractivity contribution in [3.05, 3.63) is 66.1 Å². The Morgan fingerprint density at radius 3 is 2.43 bits per heavy atom. The van der Waals surface area contributed by atoms with Gasteiger partial charge >= 0.3 is 5.97 Å². The van der Waals surface area contributed by atoms with Gasteiger partial charge < -0.3 is 19.4 Å². The first-order valence-electron chi connectivity index (χ1n) is 8.68. The van der Waals surface area contributed by atoms with E-state index < -0.39 is 12.6 Å². The number of hydrogen-bond donors (Lipinski definition) is 1. The molecule has 7 nitrogen and oxygen atoms in total. The highest BCUT2D eigenvalue weighted by Gasteiger charge is 2.18. The highest BCUT2D eigenvalue weighted by Crippen LogP contribution is 2.25. The summed E-state index contributed by atoms with van der Waals surface area (Å²) in [5.74, 6) is -0.732. The number of amides is 2. The number of hydrogen-bond acceptors (Lipinski definition) is 5. The van der Waals surface area contributed by atoms with Crippen LogP contribution < -0.4 is 5.32 Å². The van der Waals surface area contributed by atoms with E-state index >= 15 is 0 Å². The molecule has 0 atom stereocenters. The van der Waals surface area contributed by atoms with Gasteiger partial charge in [-0.2, -0.15) is 0 Å². The van der Waals surface area contributed by atoms with Crippen molar-refractivity contribution in [3.63, 3.8) is 0 Å². The molecule has 2 amide bonds. The summed E-state index contributed by atoms with van der Waals surface area (Å²) in [5.41, 5.74) is 0.531. The van der Waals surface area contributed by atoms with Gasteiger partial charge in [0.1, 0.15) is 5.76 Å². The molecule has 28 heavy (non-hydrogen) atoms. The maximum atomic E-state index is 12.6. The molecular weight excluding hydrogens is 360 g/mol. The Bertz CT molecular complexity index is 1010. The first-order chi connectivity index (χ1) is 13.4. The second-order valence-corrected chi connectivity index (χ2v) is 6.33. The first-order valence-corrected chi connectivity index (χ1v) is 8.68. The average molecular weight is 380 g/mol. The molecule has 0 saturated heterocycles. The van der Waals surface area contributed by atoms with Gasteiger partial charge in [-0.3, -0.25) is 9.59 Å². The van der Waals surface area contributed by atoms with E-state index in [4.69, 9.17) is 9.15 Å². The predicted molar refractivity (Wildman–Crippen MR) is 104 cm³/mol. The van der Waals surface area contributed by atoms with Crippen molar-refractivity contribution in [2.24, 2.45) is 0 Å². The molecule has 1 N–H and O–H groups in total. The second-order valence-electron chi connectivity index (χ2n) is 6.33. The number of carbonyl (C=O) groups is 3. The molecule has 1 heterocycles. The van der Waals surface area contributed by atoms with Gasteiger partial charge in [0.25, 0.3) is 5.91 Å². The van der Waals surface area contributed by atoms with Crippen molar-refractivity contribution >= 4 is 34.2 Å². The van der Waals surface area contributed by atoms with Crippen LogP contribution in [0.1, 0.15) is 23.0 Å². The van der Waals surface area contributed by atoms with Crippen LogP contribution in [0.4, 0.5) is 5.69 Å². The maximum absolute atomic E-state index is 12.6. The molecule has 144 valence electrons. The van der Waals surface area contributed by atoms with Gasteiger partial charge in [-0.1, -0.05) is 24.3 Å². The molecule has 0 saturated carbocycles. The normalized spacial score (nSPS) is 10.5. The van der Waals surface area contributed by atoms with Crippen molar-refractivity contribution < 1.29 is 23.5 Å². The van der Waals surface area contributed by atoms with Crippen LogP contribution in [0.2, 0.25) is 0 Å². The molecule has 1 aromatic heterocycles. The number of carbonyl (C=O) groups excluding carboxylic acids is 3. The zero-order chi connectivity index (χ0) is 20.1. The zero-order valence-electron chi connectivity index (χ0n) is 15.6. The summed E-state index contributed by atoms with van der Waals surface area (Å²) in [6.45, 7) is 1.22. The van der Waals surface area contributed by atoms with E-state index in [1.165, 1.54) is 18.1 Å². The zero-order valence-corrected chi connectivity index (χ0v) is 15.6. The number of rotatable bonds is 6. The monoisotopic (exact) mass is 380 g/mol. The van der Waals surface area contributed by atoms with E-state index in [2.05, 4.69) is 5.32 Å². The number of anilines is 1. The number of likely N-dealkylation sites (N-methyl/N-ethyl adjacent to an activating group) is 1. The summed E-state index contributed by atoms with van der Waals surface area (Å²) in [4.78, 5) is 37.7. The number of fused-ring (bicyclic) bond motifs is 1. The molecule has 3 rings (SSSR count). The van der Waals surface area contributed by atoms with Gasteiger partial charge in [0.15, 0.2) is 6.61 Å². The molecule has 2 aromatic carbocycles. The lowest BCUT2D eigenvalue weighted by Gasteiger charge is -2.16. The topological polar surface area (TPSA) is 88.8 Å². The van der Waals surface area contributed by atoms with Crippen LogP contribution in [-0.4, -0.2) is 36.3 Å². The Hall–Kier alpha value is -3.61. The van der Waals surface area contributed by atoms with Gasteiger partial charge in [0, 0.05) is 14.0 Å². The van der Waals surface area contributed by atoms with Crippen molar-refractivity contribution in [2.75, 3.05) is 19.0 Å². The highest BCUT2D eigenvalue weighted by molar-refractivity contribution is 6.05. The van der Waals surface area contributed by atoms with Gasteiger partial charge in [0.2, 0.25) is 5.91 Å². The Morgan fingerprint density at radius 2 is 1.79 bits per heavy atom. The lowest BCUT2D eigenvalue weighted by molar-refractivity contribution is -0.134. The van der Waals surface area contributed by atoms with Crippen molar-refractivity contribution in [1.82, 2.24) is 4.90 Å². The molecule has 0 fully saturated rings. The Morgan fingerprint density at radius 1 is 1.07 bits per heavy atom. The molecule has 0 radical (unpaired) electrons. The summed E-state index contributed by atoms with van der Waals surface area (Å²) in [6.07, 6.45) is 1.52. The number of benzene rings is 2. The van der Waals surface area contributed by atoms with Gasteiger partial charge in [0.05, 0.1) is 24.1 Å². The first kappa shape index (κ1) is 19.2. The number of nitrogens with zero attached hydrogens (tertiary/aromatic N) is 1. The van der Waals surface area contributed by atoms with Crippen molar-refractivity contribution in [2.45, 2.75) is 13.5 Å². The second kappa shape index (κ2) is 8.39. The van der Waals surface area contributed by atoms with Crippen LogP contribution in [0, 0.1) is 0 Å². The minimum absolute atomic E-state index is 0.190. The molecule has 0 aliphatic rings. The van der Waals surface area contributed by atoms with Crippen LogP contribution in [0.3, 0.4) is 0 Å². The minimum atomic E-state index is -0.686. The molecule has 7 heteroatoms. The van der Waals surface area contributed by atoms with E-state index in [9.17, 15) is 14.4 Å². The quantitative estimate of drug-likeness (QED) is 0.664.